The predicted octanol–water partition coefficient (Wildman–Crippen LogP) is 3.12. The van der Waals surface area contributed by atoms with Crippen LogP contribution < -0.4 is 15.1 Å². The lowest BCUT2D eigenvalue weighted by molar-refractivity contribution is -0.128. The van der Waals surface area contributed by atoms with Crippen LogP contribution in [0.2, 0.25) is 5.15 Å². The van der Waals surface area contributed by atoms with E-state index in [0.717, 1.165) is 18.9 Å². The van der Waals surface area contributed by atoms with Crippen molar-refractivity contribution in [2.75, 3.05) is 67.9 Å². The second-order valence-corrected chi connectivity index (χ2v) is 10.4. The van der Waals surface area contributed by atoms with Gasteiger partial charge >= 0.3 is 6.03 Å². The maximum atomic E-state index is 12.9. The third-order valence-corrected chi connectivity index (χ3v) is 7.64. The molecule has 194 valence electrons. The molecular formula is C25H34ClN7O2S. The van der Waals surface area contributed by atoms with Crippen molar-refractivity contribution in [3.05, 3.63) is 41.0 Å². The van der Waals surface area contributed by atoms with Gasteiger partial charge < -0.3 is 24.9 Å². The minimum Gasteiger partial charge on any atom is -0.368 e. The highest BCUT2D eigenvalue weighted by Gasteiger charge is 2.28. The zero-order valence-electron chi connectivity index (χ0n) is 21.1. The summed E-state index contributed by atoms with van der Waals surface area (Å²) in [7, 11) is 0. The summed E-state index contributed by atoms with van der Waals surface area (Å²) in [6, 6.07) is 10.1. The summed E-state index contributed by atoms with van der Waals surface area (Å²) in [6.07, 6.45) is 0. The summed E-state index contributed by atoms with van der Waals surface area (Å²) < 4.78 is 0. The number of urea groups is 1. The first kappa shape index (κ1) is 26.3. The van der Waals surface area contributed by atoms with Gasteiger partial charge in [-0.1, -0.05) is 41.6 Å². The van der Waals surface area contributed by atoms with Gasteiger partial charge in [0.15, 0.2) is 5.16 Å². The molecule has 0 spiro atoms. The molecule has 2 saturated heterocycles. The van der Waals surface area contributed by atoms with Crippen molar-refractivity contribution >= 4 is 46.8 Å². The van der Waals surface area contributed by atoms with Crippen LogP contribution in [0.1, 0.15) is 19.4 Å². The van der Waals surface area contributed by atoms with Crippen LogP contribution in [0.3, 0.4) is 0 Å². The van der Waals surface area contributed by atoms with E-state index in [1.54, 1.807) is 6.07 Å². The quantitative estimate of drug-likeness (QED) is 0.348. The number of amides is 3. The highest BCUT2D eigenvalue weighted by atomic mass is 35.5. The summed E-state index contributed by atoms with van der Waals surface area (Å²) in [5.41, 5.74) is 2.49. The average molecular weight is 532 g/mol. The zero-order valence-corrected chi connectivity index (χ0v) is 22.7. The van der Waals surface area contributed by atoms with Crippen LogP contribution in [0.25, 0.3) is 0 Å². The average Bonchev–Trinajstić information content (AvgIpc) is 2.87. The Morgan fingerprint density at radius 2 is 1.81 bits per heavy atom. The fourth-order valence-corrected chi connectivity index (χ4v) is 5.65. The van der Waals surface area contributed by atoms with Crippen molar-refractivity contribution in [3.63, 3.8) is 0 Å². The Morgan fingerprint density at radius 1 is 1.08 bits per heavy atom. The first-order valence-electron chi connectivity index (χ1n) is 12.4. The molecule has 1 N–H and O–H groups in total. The Labute approximate surface area is 222 Å². The molecule has 1 aromatic heterocycles. The molecule has 2 aromatic rings. The lowest BCUT2D eigenvalue weighted by Crippen LogP contribution is -2.56. The van der Waals surface area contributed by atoms with Gasteiger partial charge in [-0.2, -0.15) is 0 Å². The molecule has 11 heteroatoms. The molecule has 0 aliphatic carbocycles. The van der Waals surface area contributed by atoms with Crippen LogP contribution in [-0.2, 0) is 4.79 Å². The monoisotopic (exact) mass is 531 g/mol. The van der Waals surface area contributed by atoms with E-state index >= 15 is 0 Å². The molecule has 4 rings (SSSR count). The largest absolute Gasteiger partial charge is 0.368 e. The van der Waals surface area contributed by atoms with Gasteiger partial charge in [-0.15, -0.1) is 0 Å². The number of rotatable bonds is 6. The van der Waals surface area contributed by atoms with E-state index in [-0.39, 0.29) is 23.7 Å². The van der Waals surface area contributed by atoms with Gasteiger partial charge in [0.05, 0.1) is 5.75 Å². The van der Waals surface area contributed by atoms with Crippen LogP contribution in [0.4, 0.5) is 16.3 Å². The highest BCUT2D eigenvalue weighted by molar-refractivity contribution is 7.99. The number of hydrogen-bond donors (Lipinski definition) is 1. The summed E-state index contributed by atoms with van der Waals surface area (Å²) in [5, 5.41) is 3.70. The number of para-hydroxylation sites is 1. The smallest absolute Gasteiger partial charge is 0.317 e. The number of piperazine rings is 2. The van der Waals surface area contributed by atoms with Gasteiger partial charge in [0, 0.05) is 70.2 Å². The summed E-state index contributed by atoms with van der Waals surface area (Å²) in [5.74, 6) is 1.07. The standard InChI is InChI=1S/C25H34ClN7O2S/c1-4-27-25(35)33-14-13-32(16-19(33)3)22-15-21(26)28-24(29-22)36-17-23(34)31-11-9-30(10-12-31)20-8-6-5-7-18(20)2/h5-8,15,19H,4,9-14,16-17H2,1-3H3,(H,27,35)/t19-/m1/s1. The Morgan fingerprint density at radius 3 is 2.50 bits per heavy atom. The molecule has 3 heterocycles. The van der Waals surface area contributed by atoms with E-state index in [1.165, 1.54) is 23.0 Å². The van der Waals surface area contributed by atoms with Crippen LogP contribution in [-0.4, -0.2) is 95.9 Å². The van der Waals surface area contributed by atoms with Gasteiger partial charge in [-0.05, 0) is 32.4 Å². The second kappa shape index (κ2) is 12.0. The van der Waals surface area contributed by atoms with E-state index in [4.69, 9.17) is 11.6 Å². The lowest BCUT2D eigenvalue weighted by Gasteiger charge is -2.40. The number of anilines is 2. The summed E-state index contributed by atoms with van der Waals surface area (Å²) >= 11 is 7.62. The number of benzene rings is 1. The molecular weight excluding hydrogens is 498 g/mol. The van der Waals surface area contributed by atoms with Gasteiger partial charge in [0.1, 0.15) is 11.0 Å². The minimum atomic E-state index is -0.0418. The van der Waals surface area contributed by atoms with Crippen LogP contribution in [0.15, 0.2) is 35.5 Å². The molecule has 0 bridgehead atoms. The maximum Gasteiger partial charge on any atom is 0.317 e. The number of halogens is 1. The van der Waals surface area contributed by atoms with Crippen molar-refractivity contribution in [2.24, 2.45) is 0 Å². The van der Waals surface area contributed by atoms with Crippen LogP contribution >= 0.6 is 23.4 Å². The van der Waals surface area contributed by atoms with Gasteiger partial charge in [-0.25, -0.2) is 14.8 Å². The van der Waals surface area contributed by atoms with Crippen molar-refractivity contribution in [1.29, 1.82) is 0 Å². The topological polar surface area (TPSA) is 84.9 Å². The number of nitrogens with one attached hydrogen (secondary N) is 1. The van der Waals surface area contributed by atoms with E-state index in [1.807, 2.05) is 29.7 Å². The molecule has 0 radical (unpaired) electrons. The van der Waals surface area contributed by atoms with Crippen LogP contribution in [0, 0.1) is 6.92 Å². The number of aryl methyl sites for hydroxylation is 1. The van der Waals surface area contributed by atoms with Crippen LogP contribution in [0.5, 0.6) is 0 Å². The highest BCUT2D eigenvalue weighted by Crippen LogP contribution is 2.25. The fourth-order valence-electron chi connectivity index (χ4n) is 4.66. The maximum absolute atomic E-state index is 12.9. The van der Waals surface area contributed by atoms with Gasteiger partial charge in [0.25, 0.3) is 0 Å². The normalized spacial score (nSPS) is 18.4. The number of nitrogens with zero attached hydrogens (tertiary/aromatic N) is 6. The molecule has 36 heavy (non-hydrogen) atoms. The molecule has 0 saturated carbocycles. The van der Waals surface area contributed by atoms with Crippen molar-refractivity contribution in [1.82, 2.24) is 25.1 Å². The molecule has 2 aliphatic rings. The Kier molecular flexibility index (Phi) is 8.79. The minimum absolute atomic E-state index is 0.0371. The number of aromatic nitrogens is 2. The SMILES string of the molecule is CCNC(=O)N1CCN(c2cc(Cl)nc(SCC(=O)N3CCN(c4ccccc4C)CC3)n2)C[C@H]1C. The summed E-state index contributed by atoms with van der Waals surface area (Å²) in [4.78, 5) is 42.4. The molecule has 3 amide bonds. The van der Waals surface area contributed by atoms with E-state index in [9.17, 15) is 9.59 Å². The number of carbonyl (C=O) groups excluding carboxylic acids is 2. The molecule has 1 aromatic carbocycles. The van der Waals surface area contributed by atoms with E-state index in [2.05, 4.69) is 50.2 Å². The van der Waals surface area contributed by atoms with Gasteiger partial charge in [-0.3, -0.25) is 4.79 Å². The third kappa shape index (κ3) is 6.34. The van der Waals surface area contributed by atoms with Gasteiger partial charge in [0.2, 0.25) is 5.91 Å². The fraction of sp³-hybridized carbons (Fsp3) is 0.520. The lowest BCUT2D eigenvalue weighted by atomic mass is 10.1. The Bertz CT molecular complexity index is 1080. The predicted molar refractivity (Wildman–Crippen MR) is 145 cm³/mol. The number of hydrogen-bond acceptors (Lipinski definition) is 7. The van der Waals surface area contributed by atoms with Crippen molar-refractivity contribution in [2.45, 2.75) is 32.0 Å². The van der Waals surface area contributed by atoms with E-state index in [0.29, 0.717) is 49.6 Å². The first-order chi connectivity index (χ1) is 17.4. The number of carbonyl (C=O) groups is 2. The Balaban J connectivity index is 1.31. The molecule has 2 aliphatic heterocycles. The third-order valence-electron chi connectivity index (χ3n) is 6.61. The molecule has 2 fully saturated rings. The van der Waals surface area contributed by atoms with E-state index < -0.39 is 0 Å². The number of thioether (sulfide) groups is 1. The second-order valence-electron chi connectivity index (χ2n) is 9.10. The van der Waals surface area contributed by atoms with Crippen molar-refractivity contribution in [3.8, 4) is 0 Å². The molecule has 1 atom stereocenters. The first-order valence-corrected chi connectivity index (χ1v) is 13.8. The summed E-state index contributed by atoms with van der Waals surface area (Å²) in [6.45, 7) is 11.6. The molecule has 9 nitrogen and oxygen atoms in total. The Hall–Kier alpha value is -2.72. The van der Waals surface area contributed by atoms with Crippen molar-refractivity contribution < 1.29 is 9.59 Å². The molecule has 0 unspecified atom stereocenters. The zero-order chi connectivity index (χ0) is 25.7.